The van der Waals surface area contributed by atoms with Gasteiger partial charge in [-0.1, -0.05) is 13.8 Å². The van der Waals surface area contributed by atoms with E-state index in [-0.39, 0.29) is 17.9 Å². The highest BCUT2D eigenvalue weighted by Crippen LogP contribution is 2.29. The van der Waals surface area contributed by atoms with Gasteiger partial charge in [-0.2, -0.15) is 0 Å². The van der Waals surface area contributed by atoms with Crippen LogP contribution in [-0.4, -0.2) is 38.2 Å². The standard InChI is InChI=1S/C24H39N3O3S/c1-17-14-18(2)16-27(15-17)22-12-10-20(11-13-22)25-23(28)19-6-8-21(9-7-19)26-31(29,30)24(3,4)5/h10-13,17-19,21,26H,6-9,14-16H2,1-5H3,(H,25,28)/t17-,18-,19-,21-/m1/s1. The molecule has 174 valence electrons. The molecule has 1 saturated carbocycles. The molecule has 0 bridgehead atoms. The zero-order chi connectivity index (χ0) is 22.8. The first-order valence-electron chi connectivity index (χ1n) is 11.6. The highest BCUT2D eigenvalue weighted by Gasteiger charge is 2.34. The maximum absolute atomic E-state index is 12.7. The number of rotatable bonds is 5. The van der Waals surface area contributed by atoms with Crippen LogP contribution in [0.2, 0.25) is 0 Å². The van der Waals surface area contributed by atoms with Gasteiger partial charge in [-0.3, -0.25) is 4.79 Å². The van der Waals surface area contributed by atoms with E-state index in [0.29, 0.717) is 37.5 Å². The van der Waals surface area contributed by atoms with Crippen molar-refractivity contribution in [2.75, 3.05) is 23.3 Å². The molecule has 3 rings (SSSR count). The zero-order valence-electron chi connectivity index (χ0n) is 19.6. The minimum Gasteiger partial charge on any atom is -0.371 e. The first-order chi connectivity index (χ1) is 14.4. The molecule has 1 aliphatic carbocycles. The SMILES string of the molecule is C[C@@H]1C[C@@H](C)CN(c2ccc(NC(=O)[C@H]3CC[C@H](NS(=O)(=O)C(C)(C)C)CC3)cc2)C1. The van der Waals surface area contributed by atoms with Crippen molar-refractivity contribution in [2.45, 2.75) is 77.5 Å². The Bertz CT molecular complexity index is 843. The zero-order valence-corrected chi connectivity index (χ0v) is 20.5. The number of carbonyl (C=O) groups is 1. The van der Waals surface area contributed by atoms with E-state index in [9.17, 15) is 13.2 Å². The van der Waals surface area contributed by atoms with Gasteiger partial charge in [0.05, 0.1) is 4.75 Å². The number of nitrogens with zero attached hydrogens (tertiary/aromatic N) is 1. The first kappa shape index (κ1) is 24.1. The number of sulfonamides is 1. The van der Waals surface area contributed by atoms with Crippen LogP contribution >= 0.6 is 0 Å². The van der Waals surface area contributed by atoms with Crippen LogP contribution in [0.15, 0.2) is 24.3 Å². The van der Waals surface area contributed by atoms with Crippen molar-refractivity contribution in [3.05, 3.63) is 24.3 Å². The molecule has 2 fully saturated rings. The van der Waals surface area contributed by atoms with Crippen LogP contribution in [0.1, 0.15) is 66.7 Å². The molecular weight excluding hydrogens is 410 g/mol. The third-order valence-electron chi connectivity index (χ3n) is 6.59. The maximum atomic E-state index is 12.7. The maximum Gasteiger partial charge on any atom is 0.227 e. The summed E-state index contributed by atoms with van der Waals surface area (Å²) >= 11 is 0. The van der Waals surface area contributed by atoms with E-state index in [4.69, 9.17) is 0 Å². The molecule has 1 aromatic carbocycles. The Balaban J connectivity index is 1.50. The number of carbonyl (C=O) groups excluding carboxylic acids is 1. The predicted molar refractivity (Wildman–Crippen MR) is 128 cm³/mol. The van der Waals surface area contributed by atoms with Gasteiger partial charge < -0.3 is 10.2 Å². The number of piperidine rings is 1. The van der Waals surface area contributed by atoms with Crippen LogP contribution in [-0.2, 0) is 14.8 Å². The summed E-state index contributed by atoms with van der Waals surface area (Å²) in [4.78, 5) is 15.2. The lowest BCUT2D eigenvalue weighted by Crippen LogP contribution is -2.46. The molecule has 2 atom stereocenters. The molecule has 1 aromatic rings. The third-order valence-corrected chi connectivity index (χ3v) is 8.85. The van der Waals surface area contributed by atoms with Crippen LogP contribution in [0.5, 0.6) is 0 Å². The van der Waals surface area contributed by atoms with Gasteiger partial charge in [-0.25, -0.2) is 13.1 Å². The van der Waals surface area contributed by atoms with Crippen LogP contribution in [0.3, 0.4) is 0 Å². The number of anilines is 2. The number of hydrogen-bond donors (Lipinski definition) is 2. The average Bonchev–Trinajstić information content (AvgIpc) is 2.67. The summed E-state index contributed by atoms with van der Waals surface area (Å²) in [6, 6.07) is 8.08. The second kappa shape index (κ2) is 9.49. The van der Waals surface area contributed by atoms with Gasteiger partial charge in [-0.15, -0.1) is 0 Å². The molecule has 1 aliphatic heterocycles. The molecule has 0 spiro atoms. The third kappa shape index (κ3) is 6.22. The van der Waals surface area contributed by atoms with Crippen molar-refractivity contribution in [2.24, 2.45) is 17.8 Å². The van der Waals surface area contributed by atoms with Crippen molar-refractivity contribution < 1.29 is 13.2 Å². The Labute approximate surface area is 188 Å². The van der Waals surface area contributed by atoms with Crippen molar-refractivity contribution in [1.82, 2.24) is 4.72 Å². The van der Waals surface area contributed by atoms with Gasteiger partial charge in [0, 0.05) is 36.4 Å². The highest BCUT2D eigenvalue weighted by molar-refractivity contribution is 7.90. The summed E-state index contributed by atoms with van der Waals surface area (Å²) in [5, 5.41) is 3.05. The summed E-state index contributed by atoms with van der Waals surface area (Å²) in [7, 11) is -3.36. The predicted octanol–water partition coefficient (Wildman–Crippen LogP) is 4.38. The monoisotopic (exact) mass is 449 g/mol. The fourth-order valence-electron chi connectivity index (χ4n) is 4.74. The van der Waals surface area contributed by atoms with Gasteiger partial charge in [-0.05, 0) is 89.0 Å². The number of hydrogen-bond acceptors (Lipinski definition) is 4. The van der Waals surface area contributed by atoms with Gasteiger partial charge in [0.15, 0.2) is 0 Å². The molecule has 6 nitrogen and oxygen atoms in total. The van der Waals surface area contributed by atoms with Gasteiger partial charge in [0.1, 0.15) is 0 Å². The summed E-state index contributed by atoms with van der Waals surface area (Å²) in [5.41, 5.74) is 2.03. The topological polar surface area (TPSA) is 78.5 Å². The van der Waals surface area contributed by atoms with Gasteiger partial charge >= 0.3 is 0 Å². The smallest absolute Gasteiger partial charge is 0.227 e. The quantitative estimate of drug-likeness (QED) is 0.699. The number of amides is 1. The van der Waals surface area contributed by atoms with Crippen molar-refractivity contribution >= 4 is 27.3 Å². The van der Waals surface area contributed by atoms with E-state index in [0.717, 1.165) is 18.8 Å². The Hall–Kier alpha value is -1.60. The minimum absolute atomic E-state index is 0.0325. The molecule has 0 aromatic heterocycles. The van der Waals surface area contributed by atoms with Crippen LogP contribution in [0.25, 0.3) is 0 Å². The fourth-order valence-corrected chi connectivity index (χ4v) is 5.77. The molecule has 7 heteroatoms. The first-order valence-corrected chi connectivity index (χ1v) is 13.1. The molecule has 0 unspecified atom stereocenters. The lowest BCUT2D eigenvalue weighted by molar-refractivity contribution is -0.120. The number of nitrogens with one attached hydrogen (secondary N) is 2. The lowest BCUT2D eigenvalue weighted by atomic mass is 9.86. The van der Waals surface area contributed by atoms with E-state index >= 15 is 0 Å². The van der Waals surface area contributed by atoms with Crippen LogP contribution in [0, 0.1) is 17.8 Å². The van der Waals surface area contributed by atoms with E-state index in [2.05, 4.69) is 40.9 Å². The average molecular weight is 450 g/mol. The van der Waals surface area contributed by atoms with Crippen molar-refractivity contribution in [1.29, 1.82) is 0 Å². The Morgan fingerprint density at radius 3 is 2.03 bits per heavy atom. The van der Waals surface area contributed by atoms with Crippen molar-refractivity contribution in [3.63, 3.8) is 0 Å². The van der Waals surface area contributed by atoms with Crippen LogP contribution in [0.4, 0.5) is 11.4 Å². The molecule has 31 heavy (non-hydrogen) atoms. The molecule has 1 heterocycles. The second-order valence-electron chi connectivity index (χ2n) is 10.7. The van der Waals surface area contributed by atoms with E-state index < -0.39 is 14.8 Å². The lowest BCUT2D eigenvalue weighted by Gasteiger charge is -2.36. The molecule has 1 amide bonds. The molecule has 1 saturated heterocycles. The van der Waals surface area contributed by atoms with E-state index in [1.54, 1.807) is 20.8 Å². The van der Waals surface area contributed by atoms with Gasteiger partial charge in [0.2, 0.25) is 15.9 Å². The summed E-state index contributed by atoms with van der Waals surface area (Å²) < 4.78 is 26.7. The van der Waals surface area contributed by atoms with E-state index in [1.165, 1.54) is 12.1 Å². The Morgan fingerprint density at radius 2 is 1.52 bits per heavy atom. The normalized spacial score (nSPS) is 27.7. The summed E-state index contributed by atoms with van der Waals surface area (Å²) in [6.45, 7) is 11.9. The Kier molecular flexibility index (Phi) is 7.36. The molecule has 2 aliphatic rings. The number of benzene rings is 1. The highest BCUT2D eigenvalue weighted by atomic mass is 32.2. The van der Waals surface area contributed by atoms with E-state index in [1.807, 2.05) is 12.1 Å². The largest absolute Gasteiger partial charge is 0.371 e. The van der Waals surface area contributed by atoms with Crippen molar-refractivity contribution in [3.8, 4) is 0 Å². The fraction of sp³-hybridized carbons (Fsp3) is 0.708. The van der Waals surface area contributed by atoms with Gasteiger partial charge in [0.25, 0.3) is 0 Å². The minimum atomic E-state index is -3.36. The van der Waals surface area contributed by atoms with Crippen LogP contribution < -0.4 is 14.9 Å². The Morgan fingerprint density at radius 1 is 0.968 bits per heavy atom. The molecular formula is C24H39N3O3S. The molecule has 0 radical (unpaired) electrons. The second-order valence-corrected chi connectivity index (χ2v) is 13.1. The summed E-state index contributed by atoms with van der Waals surface area (Å²) in [6.07, 6.45) is 4.06. The molecule has 2 N–H and O–H groups in total. The summed E-state index contributed by atoms with van der Waals surface area (Å²) in [5.74, 6) is 1.36.